The van der Waals surface area contributed by atoms with Crippen molar-refractivity contribution in [2.75, 3.05) is 6.54 Å². The minimum absolute atomic E-state index is 0.322. The summed E-state index contributed by atoms with van der Waals surface area (Å²) in [5, 5.41) is 7.40. The van der Waals surface area contributed by atoms with Gasteiger partial charge in [-0.25, -0.2) is 4.98 Å². The van der Waals surface area contributed by atoms with Gasteiger partial charge in [0.15, 0.2) is 0 Å². The predicted molar refractivity (Wildman–Crippen MR) is 73.7 cm³/mol. The van der Waals surface area contributed by atoms with Crippen LogP contribution < -0.4 is 5.32 Å². The standard InChI is InChI=1S/C13H15ClN2S/c1-10(13-16-8-9-17-13)15-7-6-11-2-4-12(14)5-3-11/h2-5,8-10,15H,6-7H2,1H3. The molecule has 1 aromatic carbocycles. The lowest BCUT2D eigenvalue weighted by molar-refractivity contribution is 0.574. The van der Waals surface area contributed by atoms with Gasteiger partial charge in [0.2, 0.25) is 0 Å². The van der Waals surface area contributed by atoms with Gasteiger partial charge in [-0.1, -0.05) is 23.7 Å². The Labute approximate surface area is 111 Å². The van der Waals surface area contributed by atoms with Crippen LogP contribution in [0.5, 0.6) is 0 Å². The van der Waals surface area contributed by atoms with Crippen molar-refractivity contribution in [2.45, 2.75) is 19.4 Å². The molecular weight excluding hydrogens is 252 g/mol. The molecule has 0 aliphatic carbocycles. The van der Waals surface area contributed by atoms with Gasteiger partial charge in [0.25, 0.3) is 0 Å². The molecule has 0 spiro atoms. The monoisotopic (exact) mass is 266 g/mol. The summed E-state index contributed by atoms with van der Waals surface area (Å²) in [6, 6.07) is 8.32. The van der Waals surface area contributed by atoms with E-state index >= 15 is 0 Å². The van der Waals surface area contributed by atoms with E-state index in [0.29, 0.717) is 6.04 Å². The lowest BCUT2D eigenvalue weighted by Crippen LogP contribution is -2.21. The summed E-state index contributed by atoms with van der Waals surface area (Å²) in [7, 11) is 0. The van der Waals surface area contributed by atoms with Crippen LogP contribution in [0.4, 0.5) is 0 Å². The Balaban J connectivity index is 1.78. The highest BCUT2D eigenvalue weighted by molar-refractivity contribution is 7.09. The molecule has 1 atom stereocenters. The van der Waals surface area contributed by atoms with Crippen molar-refractivity contribution in [3.05, 3.63) is 51.4 Å². The van der Waals surface area contributed by atoms with Gasteiger partial charge in [-0.3, -0.25) is 0 Å². The first-order chi connectivity index (χ1) is 8.25. The van der Waals surface area contributed by atoms with E-state index in [1.54, 1.807) is 11.3 Å². The lowest BCUT2D eigenvalue weighted by Gasteiger charge is -2.10. The molecule has 0 amide bonds. The number of benzene rings is 1. The number of hydrogen-bond acceptors (Lipinski definition) is 3. The summed E-state index contributed by atoms with van der Waals surface area (Å²) in [4.78, 5) is 4.29. The second-order valence-electron chi connectivity index (χ2n) is 3.92. The molecule has 17 heavy (non-hydrogen) atoms. The maximum Gasteiger partial charge on any atom is 0.109 e. The van der Waals surface area contributed by atoms with Crippen LogP contribution in [0.25, 0.3) is 0 Å². The van der Waals surface area contributed by atoms with Crippen molar-refractivity contribution in [1.29, 1.82) is 0 Å². The van der Waals surface area contributed by atoms with E-state index in [9.17, 15) is 0 Å². The number of aromatic nitrogens is 1. The Morgan fingerprint density at radius 1 is 1.35 bits per heavy atom. The third-order valence-corrected chi connectivity index (χ3v) is 3.81. The van der Waals surface area contributed by atoms with Gasteiger partial charge in [0.1, 0.15) is 5.01 Å². The minimum Gasteiger partial charge on any atom is -0.308 e. The molecule has 0 saturated carbocycles. The zero-order valence-corrected chi connectivity index (χ0v) is 11.3. The summed E-state index contributed by atoms with van der Waals surface area (Å²) >= 11 is 7.53. The molecule has 1 heterocycles. The molecule has 2 nitrogen and oxygen atoms in total. The van der Waals surface area contributed by atoms with E-state index in [4.69, 9.17) is 11.6 Å². The zero-order valence-electron chi connectivity index (χ0n) is 9.69. The largest absolute Gasteiger partial charge is 0.308 e. The van der Waals surface area contributed by atoms with Gasteiger partial charge < -0.3 is 5.32 Å². The Morgan fingerprint density at radius 2 is 2.12 bits per heavy atom. The molecule has 1 unspecified atom stereocenters. The first-order valence-electron chi connectivity index (χ1n) is 5.63. The third-order valence-electron chi connectivity index (χ3n) is 2.60. The van der Waals surface area contributed by atoms with Crippen LogP contribution in [0.1, 0.15) is 23.5 Å². The number of nitrogens with one attached hydrogen (secondary N) is 1. The van der Waals surface area contributed by atoms with Crippen LogP contribution in [0.2, 0.25) is 5.02 Å². The Morgan fingerprint density at radius 3 is 2.76 bits per heavy atom. The van der Waals surface area contributed by atoms with Crippen molar-refractivity contribution in [2.24, 2.45) is 0 Å². The summed E-state index contributed by atoms with van der Waals surface area (Å²) in [6.45, 7) is 3.09. The summed E-state index contributed by atoms with van der Waals surface area (Å²) < 4.78 is 0. The van der Waals surface area contributed by atoms with Crippen molar-refractivity contribution in [3.63, 3.8) is 0 Å². The maximum absolute atomic E-state index is 5.84. The topological polar surface area (TPSA) is 24.9 Å². The third kappa shape index (κ3) is 3.80. The molecule has 0 aliphatic heterocycles. The van der Waals surface area contributed by atoms with E-state index in [2.05, 4.69) is 29.4 Å². The normalized spacial score (nSPS) is 12.6. The SMILES string of the molecule is CC(NCCc1ccc(Cl)cc1)c1nccs1. The number of halogens is 1. The van der Waals surface area contributed by atoms with E-state index in [1.807, 2.05) is 23.7 Å². The van der Waals surface area contributed by atoms with Gasteiger partial charge in [0, 0.05) is 16.6 Å². The molecule has 1 N–H and O–H groups in total. The van der Waals surface area contributed by atoms with Gasteiger partial charge in [-0.15, -0.1) is 11.3 Å². The Kier molecular flexibility index (Phi) is 4.54. The highest BCUT2D eigenvalue weighted by Gasteiger charge is 2.06. The predicted octanol–water partition coefficient (Wildman–Crippen LogP) is 3.69. The van der Waals surface area contributed by atoms with Crippen molar-refractivity contribution < 1.29 is 0 Å². The molecule has 2 rings (SSSR count). The molecule has 2 aromatic rings. The second-order valence-corrected chi connectivity index (χ2v) is 5.29. The first-order valence-corrected chi connectivity index (χ1v) is 6.88. The molecular formula is C13H15ClN2S. The molecule has 90 valence electrons. The van der Waals surface area contributed by atoms with E-state index < -0.39 is 0 Å². The average molecular weight is 267 g/mol. The van der Waals surface area contributed by atoms with Gasteiger partial charge in [-0.2, -0.15) is 0 Å². The van der Waals surface area contributed by atoms with Crippen LogP contribution >= 0.6 is 22.9 Å². The molecule has 0 fully saturated rings. The molecule has 0 aliphatic rings. The average Bonchev–Trinajstić information content (AvgIpc) is 2.85. The van der Waals surface area contributed by atoms with Gasteiger partial charge in [0.05, 0.1) is 6.04 Å². The van der Waals surface area contributed by atoms with Crippen molar-refractivity contribution >= 4 is 22.9 Å². The summed E-state index contributed by atoms with van der Waals surface area (Å²) in [5.74, 6) is 0. The number of thiazole rings is 1. The Bertz CT molecular complexity index is 439. The highest BCUT2D eigenvalue weighted by Crippen LogP contribution is 2.14. The van der Waals surface area contributed by atoms with Crippen molar-refractivity contribution in [1.82, 2.24) is 10.3 Å². The van der Waals surface area contributed by atoms with E-state index in [1.165, 1.54) is 5.56 Å². The van der Waals surface area contributed by atoms with E-state index in [-0.39, 0.29) is 0 Å². The molecule has 1 aromatic heterocycles. The fraction of sp³-hybridized carbons (Fsp3) is 0.308. The fourth-order valence-electron chi connectivity index (χ4n) is 1.62. The maximum atomic E-state index is 5.84. The second kappa shape index (κ2) is 6.15. The lowest BCUT2D eigenvalue weighted by atomic mass is 10.1. The van der Waals surface area contributed by atoms with E-state index in [0.717, 1.165) is 23.0 Å². The number of nitrogens with zero attached hydrogens (tertiary/aromatic N) is 1. The highest BCUT2D eigenvalue weighted by atomic mass is 35.5. The van der Waals surface area contributed by atoms with Gasteiger partial charge in [-0.05, 0) is 37.6 Å². The fourth-order valence-corrected chi connectivity index (χ4v) is 2.42. The molecule has 0 radical (unpaired) electrons. The molecule has 4 heteroatoms. The number of rotatable bonds is 5. The van der Waals surface area contributed by atoms with Crippen molar-refractivity contribution in [3.8, 4) is 0 Å². The molecule has 0 bridgehead atoms. The summed E-state index contributed by atoms with van der Waals surface area (Å²) in [6.07, 6.45) is 2.85. The quantitative estimate of drug-likeness (QED) is 0.893. The number of hydrogen-bond donors (Lipinski definition) is 1. The Hall–Kier alpha value is -0.900. The van der Waals surface area contributed by atoms with Crippen LogP contribution in [0, 0.1) is 0 Å². The van der Waals surface area contributed by atoms with Gasteiger partial charge >= 0.3 is 0 Å². The van der Waals surface area contributed by atoms with Crippen LogP contribution in [-0.4, -0.2) is 11.5 Å². The minimum atomic E-state index is 0.322. The first kappa shape index (κ1) is 12.6. The smallest absolute Gasteiger partial charge is 0.109 e. The zero-order chi connectivity index (χ0) is 12.1. The van der Waals surface area contributed by atoms with Crippen LogP contribution in [0.15, 0.2) is 35.8 Å². The molecule has 0 saturated heterocycles. The summed E-state index contributed by atoms with van der Waals surface area (Å²) in [5.41, 5.74) is 1.30. The van der Waals surface area contributed by atoms with Crippen LogP contribution in [0.3, 0.4) is 0 Å². The van der Waals surface area contributed by atoms with Crippen LogP contribution in [-0.2, 0) is 6.42 Å².